The van der Waals surface area contributed by atoms with E-state index in [1.807, 2.05) is 11.8 Å². The van der Waals surface area contributed by atoms with E-state index < -0.39 is 0 Å². The van der Waals surface area contributed by atoms with Crippen LogP contribution in [0.3, 0.4) is 0 Å². The summed E-state index contributed by atoms with van der Waals surface area (Å²) in [5, 5.41) is 6.46. The number of amides is 3. The largest absolute Gasteiger partial charge is 0.357 e. The molecule has 8 heteroatoms. The zero-order chi connectivity index (χ0) is 21.8. The lowest BCUT2D eigenvalue weighted by Crippen LogP contribution is -2.43. The standard InChI is InChI=1S/C23H35N5O3/c1-2-24-23(25-10-6-13-27-12-5-3-4-7-18(27)29)26-11-14-28-21(30)19-16-8-9-17(15-16)20(19)22(28)31/h8-9,16-17,19-20H,2-7,10-15H2,1H3,(H2,24,25,26). The van der Waals surface area contributed by atoms with Gasteiger partial charge in [-0.15, -0.1) is 0 Å². The van der Waals surface area contributed by atoms with Crippen LogP contribution in [0.2, 0.25) is 0 Å². The molecule has 170 valence electrons. The third-order valence-corrected chi connectivity index (χ3v) is 7.06. The topological polar surface area (TPSA) is 94.1 Å². The number of hydrogen-bond acceptors (Lipinski definition) is 4. The van der Waals surface area contributed by atoms with E-state index in [1.54, 1.807) is 0 Å². The molecule has 2 heterocycles. The Balaban J connectivity index is 1.22. The van der Waals surface area contributed by atoms with Gasteiger partial charge in [0.25, 0.3) is 0 Å². The van der Waals surface area contributed by atoms with Crippen LogP contribution in [0.1, 0.15) is 45.4 Å². The van der Waals surface area contributed by atoms with Crippen LogP contribution >= 0.6 is 0 Å². The van der Waals surface area contributed by atoms with E-state index in [2.05, 4.69) is 27.8 Å². The van der Waals surface area contributed by atoms with E-state index in [4.69, 9.17) is 0 Å². The summed E-state index contributed by atoms with van der Waals surface area (Å²) in [7, 11) is 0. The molecule has 8 nitrogen and oxygen atoms in total. The van der Waals surface area contributed by atoms with Crippen molar-refractivity contribution in [3.8, 4) is 0 Å². The molecule has 2 N–H and O–H groups in total. The molecule has 0 spiro atoms. The van der Waals surface area contributed by atoms with E-state index in [1.165, 1.54) is 4.90 Å². The number of allylic oxidation sites excluding steroid dienone is 2. The summed E-state index contributed by atoms with van der Waals surface area (Å²) in [6, 6.07) is 0. The molecule has 0 radical (unpaired) electrons. The van der Waals surface area contributed by atoms with Crippen molar-refractivity contribution in [3.63, 3.8) is 0 Å². The second-order valence-electron chi connectivity index (χ2n) is 9.06. The van der Waals surface area contributed by atoms with Crippen molar-refractivity contribution in [1.29, 1.82) is 0 Å². The molecule has 3 amide bonds. The van der Waals surface area contributed by atoms with Crippen LogP contribution in [-0.4, -0.2) is 72.7 Å². The summed E-state index contributed by atoms with van der Waals surface area (Å²) >= 11 is 0. The number of fused-ring (bicyclic) bond motifs is 5. The van der Waals surface area contributed by atoms with Crippen molar-refractivity contribution in [3.05, 3.63) is 12.2 Å². The monoisotopic (exact) mass is 429 g/mol. The molecule has 4 unspecified atom stereocenters. The van der Waals surface area contributed by atoms with Crippen LogP contribution < -0.4 is 10.6 Å². The molecule has 2 aliphatic carbocycles. The Hall–Kier alpha value is -2.38. The fraction of sp³-hybridized carbons (Fsp3) is 0.739. The molecule has 2 saturated heterocycles. The number of carbonyl (C=O) groups excluding carboxylic acids is 3. The lowest BCUT2D eigenvalue weighted by Gasteiger charge is -2.20. The lowest BCUT2D eigenvalue weighted by molar-refractivity contribution is -0.140. The average molecular weight is 430 g/mol. The van der Waals surface area contributed by atoms with Crippen molar-refractivity contribution in [2.45, 2.75) is 45.4 Å². The van der Waals surface area contributed by atoms with Crippen LogP contribution in [0.5, 0.6) is 0 Å². The molecule has 4 aliphatic rings. The molecule has 4 rings (SSSR count). The first-order valence-corrected chi connectivity index (χ1v) is 11.9. The maximum atomic E-state index is 12.8. The van der Waals surface area contributed by atoms with Crippen molar-refractivity contribution < 1.29 is 14.4 Å². The summed E-state index contributed by atoms with van der Waals surface area (Å²) < 4.78 is 0. The molecule has 4 atom stereocenters. The normalized spacial score (nSPS) is 30.2. The predicted octanol–water partition coefficient (Wildman–Crippen LogP) is 1.14. The summed E-state index contributed by atoms with van der Waals surface area (Å²) in [6.07, 6.45) is 9.91. The molecule has 1 saturated carbocycles. The van der Waals surface area contributed by atoms with E-state index in [0.717, 1.165) is 51.7 Å². The summed E-state index contributed by atoms with van der Waals surface area (Å²) in [5.74, 6) is 1.18. The molecule has 0 aromatic carbocycles. The molecule has 0 aromatic heterocycles. The minimum Gasteiger partial charge on any atom is -0.357 e. The second kappa shape index (κ2) is 9.83. The van der Waals surface area contributed by atoms with Gasteiger partial charge in [-0.25, -0.2) is 0 Å². The summed E-state index contributed by atoms with van der Waals surface area (Å²) in [5.41, 5.74) is 0. The Morgan fingerprint density at radius 3 is 2.48 bits per heavy atom. The summed E-state index contributed by atoms with van der Waals surface area (Å²) in [6.45, 7) is 5.82. The highest BCUT2D eigenvalue weighted by atomic mass is 16.2. The van der Waals surface area contributed by atoms with Crippen molar-refractivity contribution in [1.82, 2.24) is 20.4 Å². The maximum Gasteiger partial charge on any atom is 0.233 e. The van der Waals surface area contributed by atoms with Crippen LogP contribution in [0.15, 0.2) is 17.1 Å². The lowest BCUT2D eigenvalue weighted by atomic mass is 9.85. The van der Waals surface area contributed by atoms with Crippen molar-refractivity contribution in [2.75, 3.05) is 39.3 Å². The predicted molar refractivity (Wildman–Crippen MR) is 118 cm³/mol. The Bertz CT molecular complexity index is 734. The van der Waals surface area contributed by atoms with Crippen LogP contribution in [0, 0.1) is 23.7 Å². The quantitative estimate of drug-likeness (QED) is 0.198. The van der Waals surface area contributed by atoms with Gasteiger partial charge < -0.3 is 15.5 Å². The first kappa shape index (κ1) is 21.8. The fourth-order valence-corrected chi connectivity index (χ4v) is 5.54. The van der Waals surface area contributed by atoms with Crippen LogP contribution in [-0.2, 0) is 14.4 Å². The number of hydrogen-bond donors (Lipinski definition) is 2. The highest BCUT2D eigenvalue weighted by molar-refractivity contribution is 6.06. The van der Waals surface area contributed by atoms with Gasteiger partial charge in [-0.1, -0.05) is 18.6 Å². The molecular formula is C23H35N5O3. The van der Waals surface area contributed by atoms with Gasteiger partial charge >= 0.3 is 0 Å². The van der Waals surface area contributed by atoms with E-state index in [9.17, 15) is 14.4 Å². The third-order valence-electron chi connectivity index (χ3n) is 7.06. The van der Waals surface area contributed by atoms with Gasteiger partial charge in [0.15, 0.2) is 5.96 Å². The molecular weight excluding hydrogens is 394 g/mol. The number of nitrogens with one attached hydrogen (secondary N) is 2. The smallest absolute Gasteiger partial charge is 0.233 e. The van der Waals surface area contributed by atoms with Crippen molar-refractivity contribution >= 4 is 23.7 Å². The molecule has 3 fully saturated rings. The van der Waals surface area contributed by atoms with E-state index in [0.29, 0.717) is 32.0 Å². The number of aliphatic imine (C=N–C) groups is 1. The number of imide groups is 1. The fourth-order valence-electron chi connectivity index (χ4n) is 5.54. The highest BCUT2D eigenvalue weighted by Gasteiger charge is 2.58. The van der Waals surface area contributed by atoms with Gasteiger partial charge in [0.1, 0.15) is 0 Å². The Morgan fingerprint density at radius 2 is 1.77 bits per heavy atom. The van der Waals surface area contributed by atoms with Gasteiger partial charge in [0.2, 0.25) is 17.7 Å². The highest BCUT2D eigenvalue weighted by Crippen LogP contribution is 2.52. The van der Waals surface area contributed by atoms with Gasteiger partial charge in [-0.3, -0.25) is 24.3 Å². The van der Waals surface area contributed by atoms with Crippen LogP contribution in [0.4, 0.5) is 0 Å². The van der Waals surface area contributed by atoms with E-state index >= 15 is 0 Å². The number of rotatable bonds is 8. The molecule has 2 aliphatic heterocycles. The van der Waals surface area contributed by atoms with E-state index in [-0.39, 0.29) is 41.4 Å². The minimum absolute atomic E-state index is 0.00212. The van der Waals surface area contributed by atoms with Gasteiger partial charge in [0.05, 0.1) is 11.8 Å². The third kappa shape index (κ3) is 4.62. The Morgan fingerprint density at radius 1 is 1.03 bits per heavy atom. The second-order valence-corrected chi connectivity index (χ2v) is 9.06. The van der Waals surface area contributed by atoms with Crippen LogP contribution in [0.25, 0.3) is 0 Å². The minimum atomic E-state index is -0.133. The first-order chi connectivity index (χ1) is 15.1. The van der Waals surface area contributed by atoms with Gasteiger partial charge in [0, 0.05) is 45.7 Å². The first-order valence-electron chi connectivity index (χ1n) is 11.9. The average Bonchev–Trinajstić information content (AvgIpc) is 3.39. The zero-order valence-electron chi connectivity index (χ0n) is 18.5. The number of carbonyl (C=O) groups is 3. The number of nitrogens with zero attached hydrogens (tertiary/aromatic N) is 3. The van der Waals surface area contributed by atoms with Gasteiger partial charge in [-0.05, 0) is 44.4 Å². The SMILES string of the molecule is CCNC(=NCCCN1CCCCCC1=O)NCCN1C(=O)C2C3C=CC(C3)C2C1=O. The Kier molecular flexibility index (Phi) is 6.92. The molecule has 0 aromatic rings. The van der Waals surface area contributed by atoms with Crippen molar-refractivity contribution in [2.24, 2.45) is 28.7 Å². The zero-order valence-corrected chi connectivity index (χ0v) is 18.5. The number of likely N-dealkylation sites (tertiary alicyclic amines) is 2. The summed E-state index contributed by atoms with van der Waals surface area (Å²) in [4.78, 5) is 45.6. The Labute approximate surface area is 184 Å². The number of guanidine groups is 1. The van der Waals surface area contributed by atoms with Gasteiger partial charge in [-0.2, -0.15) is 0 Å². The molecule has 31 heavy (non-hydrogen) atoms. The molecule has 2 bridgehead atoms. The maximum absolute atomic E-state index is 12.8.